The van der Waals surface area contributed by atoms with Crippen LogP contribution >= 0.6 is 0 Å². The summed E-state index contributed by atoms with van der Waals surface area (Å²) in [4.78, 5) is 14.6. The second-order valence-electron chi connectivity index (χ2n) is 3.81. The van der Waals surface area contributed by atoms with E-state index >= 15 is 0 Å². The van der Waals surface area contributed by atoms with Crippen LogP contribution in [0, 0.1) is 10.1 Å². The molecule has 88 valence electrons. The molecule has 0 spiro atoms. The Morgan fingerprint density at radius 1 is 1.17 bits per heavy atom. The summed E-state index contributed by atoms with van der Waals surface area (Å²) in [6, 6.07) is 12.8. The van der Waals surface area contributed by atoms with Gasteiger partial charge in [-0.2, -0.15) is 0 Å². The predicted octanol–water partition coefficient (Wildman–Crippen LogP) is 2.87. The molecule has 0 bridgehead atoms. The Kier molecular flexibility index (Phi) is 2.70. The van der Waals surface area contributed by atoms with E-state index in [0.717, 1.165) is 15.3 Å². The Morgan fingerprint density at radius 3 is 2.61 bits per heavy atom. The Morgan fingerprint density at radius 2 is 1.94 bits per heavy atom. The van der Waals surface area contributed by atoms with E-state index in [1.54, 1.807) is 30.5 Å². The van der Waals surface area contributed by atoms with Gasteiger partial charge in [0.1, 0.15) is 0 Å². The van der Waals surface area contributed by atoms with Crippen LogP contribution in [0.4, 0.5) is 5.69 Å². The summed E-state index contributed by atoms with van der Waals surface area (Å²) in [6.45, 7) is 0. The van der Waals surface area contributed by atoms with Gasteiger partial charge < -0.3 is 0 Å². The molecule has 0 aliphatic carbocycles. The van der Waals surface area contributed by atoms with Crippen LogP contribution in [0.2, 0.25) is 0 Å². The van der Waals surface area contributed by atoms with Crippen LogP contribution in [0.3, 0.4) is 0 Å². The standard InChI is InChI=1S/C13H8N2O2Se/c16-15(17)11-5-3-9(4-6-11)12-8-10-2-1-7-14-13(10)18-12/h1-8H. The quantitative estimate of drug-likeness (QED) is 0.415. The number of nitrogens with zero attached hydrogens (tertiary/aromatic N) is 2. The summed E-state index contributed by atoms with van der Waals surface area (Å²) >= 11 is 0.187. The van der Waals surface area contributed by atoms with Gasteiger partial charge in [-0.3, -0.25) is 0 Å². The fourth-order valence-electron chi connectivity index (χ4n) is 1.76. The molecule has 0 radical (unpaired) electrons. The summed E-state index contributed by atoms with van der Waals surface area (Å²) in [5.41, 5.74) is 1.17. The predicted molar refractivity (Wildman–Crippen MR) is 70.8 cm³/mol. The average Bonchev–Trinajstić information content (AvgIpc) is 2.82. The molecule has 0 aliphatic rings. The second kappa shape index (κ2) is 4.37. The van der Waals surface area contributed by atoms with Crippen LogP contribution in [0.15, 0.2) is 48.7 Å². The maximum atomic E-state index is 10.6. The molecule has 3 rings (SSSR count). The van der Waals surface area contributed by atoms with Gasteiger partial charge in [-0.1, -0.05) is 0 Å². The van der Waals surface area contributed by atoms with Crippen LogP contribution in [-0.4, -0.2) is 24.4 Å². The fraction of sp³-hybridized carbons (Fsp3) is 0. The molecular weight excluding hydrogens is 295 g/mol. The van der Waals surface area contributed by atoms with Crippen LogP contribution in [0.5, 0.6) is 0 Å². The van der Waals surface area contributed by atoms with Gasteiger partial charge in [0.05, 0.1) is 0 Å². The molecule has 0 amide bonds. The Bertz CT molecular complexity index is 686. The van der Waals surface area contributed by atoms with Gasteiger partial charge in [-0.05, 0) is 0 Å². The number of pyridine rings is 1. The van der Waals surface area contributed by atoms with E-state index in [1.807, 2.05) is 12.1 Å². The first kappa shape index (κ1) is 11.1. The number of fused-ring (bicyclic) bond motifs is 1. The van der Waals surface area contributed by atoms with Crippen molar-refractivity contribution >= 4 is 30.0 Å². The molecule has 0 saturated heterocycles. The van der Waals surface area contributed by atoms with Gasteiger partial charge in [0.25, 0.3) is 0 Å². The second-order valence-corrected chi connectivity index (χ2v) is 5.97. The summed E-state index contributed by atoms with van der Waals surface area (Å²) in [6.07, 6.45) is 1.80. The third-order valence-electron chi connectivity index (χ3n) is 2.66. The number of rotatable bonds is 2. The normalized spacial score (nSPS) is 10.7. The number of nitro benzene ring substituents is 1. The van der Waals surface area contributed by atoms with Crippen molar-refractivity contribution in [3.8, 4) is 10.0 Å². The first-order chi connectivity index (χ1) is 8.74. The van der Waals surface area contributed by atoms with Gasteiger partial charge in [0, 0.05) is 0 Å². The zero-order valence-corrected chi connectivity index (χ0v) is 11.0. The SMILES string of the molecule is O=[N+]([O-])c1ccc(-c2cc3cccnc3[se]2)cc1. The number of aromatic nitrogens is 1. The molecule has 3 aromatic rings. The van der Waals surface area contributed by atoms with Crippen molar-refractivity contribution in [3.63, 3.8) is 0 Å². The van der Waals surface area contributed by atoms with Crippen molar-refractivity contribution < 1.29 is 4.92 Å². The van der Waals surface area contributed by atoms with E-state index in [1.165, 1.54) is 4.44 Å². The van der Waals surface area contributed by atoms with Crippen LogP contribution in [-0.2, 0) is 0 Å². The maximum absolute atomic E-state index is 10.6. The fourth-order valence-corrected chi connectivity index (χ4v) is 3.87. The minimum absolute atomic E-state index is 0.125. The van der Waals surface area contributed by atoms with Crippen molar-refractivity contribution in [1.82, 2.24) is 4.98 Å². The number of non-ortho nitro benzene ring substituents is 1. The zero-order chi connectivity index (χ0) is 12.5. The minimum atomic E-state index is -0.381. The summed E-state index contributed by atoms with van der Waals surface area (Å²) in [7, 11) is 0. The third kappa shape index (κ3) is 1.94. The van der Waals surface area contributed by atoms with E-state index in [0.29, 0.717) is 0 Å². The van der Waals surface area contributed by atoms with Gasteiger partial charge >= 0.3 is 109 Å². The molecule has 5 heteroatoms. The van der Waals surface area contributed by atoms with Crippen LogP contribution < -0.4 is 0 Å². The molecule has 4 nitrogen and oxygen atoms in total. The molecule has 0 atom stereocenters. The van der Waals surface area contributed by atoms with Crippen molar-refractivity contribution in [2.75, 3.05) is 0 Å². The zero-order valence-electron chi connectivity index (χ0n) is 9.24. The molecule has 2 aromatic heterocycles. The first-order valence-electron chi connectivity index (χ1n) is 5.33. The first-order valence-corrected chi connectivity index (χ1v) is 7.05. The summed E-state index contributed by atoms with van der Waals surface area (Å²) in [5.74, 6) is 0. The molecule has 0 saturated carbocycles. The number of benzene rings is 1. The van der Waals surface area contributed by atoms with Crippen LogP contribution in [0.25, 0.3) is 19.8 Å². The van der Waals surface area contributed by atoms with Gasteiger partial charge in [-0.25, -0.2) is 0 Å². The molecule has 1 aromatic carbocycles. The molecule has 18 heavy (non-hydrogen) atoms. The van der Waals surface area contributed by atoms with Gasteiger partial charge in [0.2, 0.25) is 0 Å². The summed E-state index contributed by atoms with van der Waals surface area (Å²) < 4.78 is 2.34. The monoisotopic (exact) mass is 304 g/mol. The van der Waals surface area contributed by atoms with Gasteiger partial charge in [0.15, 0.2) is 0 Å². The number of nitro groups is 1. The Balaban J connectivity index is 2.06. The third-order valence-corrected chi connectivity index (χ3v) is 4.98. The molecular formula is C13H8N2O2Se. The van der Waals surface area contributed by atoms with Gasteiger partial charge in [-0.15, -0.1) is 0 Å². The van der Waals surface area contributed by atoms with E-state index in [4.69, 9.17) is 0 Å². The van der Waals surface area contributed by atoms with Crippen molar-refractivity contribution in [3.05, 3.63) is 58.8 Å². The molecule has 0 aliphatic heterocycles. The van der Waals surface area contributed by atoms with E-state index in [9.17, 15) is 10.1 Å². The Labute approximate surface area is 109 Å². The van der Waals surface area contributed by atoms with Crippen molar-refractivity contribution in [2.24, 2.45) is 0 Å². The topological polar surface area (TPSA) is 56.0 Å². The molecule has 0 N–H and O–H groups in total. The average molecular weight is 303 g/mol. The van der Waals surface area contributed by atoms with E-state index in [-0.39, 0.29) is 25.1 Å². The van der Waals surface area contributed by atoms with Crippen molar-refractivity contribution in [1.29, 1.82) is 0 Å². The number of hydrogen-bond donors (Lipinski definition) is 0. The molecule has 0 unspecified atom stereocenters. The molecule has 0 fully saturated rings. The summed E-state index contributed by atoms with van der Waals surface area (Å²) in [5, 5.41) is 11.8. The van der Waals surface area contributed by atoms with E-state index in [2.05, 4.69) is 11.1 Å². The van der Waals surface area contributed by atoms with Crippen molar-refractivity contribution in [2.45, 2.75) is 0 Å². The van der Waals surface area contributed by atoms with Crippen LogP contribution in [0.1, 0.15) is 0 Å². The van der Waals surface area contributed by atoms with E-state index < -0.39 is 0 Å². The Hall–Kier alpha value is -1.97. The number of hydrogen-bond acceptors (Lipinski definition) is 3. The molecule has 2 heterocycles.